The number of pyridine rings is 1. The van der Waals surface area contributed by atoms with Crippen LogP contribution in [0.3, 0.4) is 0 Å². The lowest BCUT2D eigenvalue weighted by molar-refractivity contribution is -0.137. The van der Waals surface area contributed by atoms with Gasteiger partial charge in [0.2, 0.25) is 5.88 Å². The average Bonchev–Trinajstić information content (AvgIpc) is 3.60. The molecule has 0 saturated heterocycles. The maximum absolute atomic E-state index is 15.9. The van der Waals surface area contributed by atoms with E-state index in [9.17, 15) is 17.6 Å². The number of hydrogen-bond donors (Lipinski definition) is 4. The third-order valence-corrected chi connectivity index (χ3v) is 8.13. The summed E-state index contributed by atoms with van der Waals surface area (Å²) in [5, 5.41) is 9.47. The Labute approximate surface area is 287 Å². The SMILES string of the molecule is CC.CC.CNCCCC1CCCC1.COc1nc2c3c(nc(-c4cc(N)c(F)c(C)c4C(F)(F)F)c(F)c3n1)OC(C)CCNCCN2. The summed E-state index contributed by atoms with van der Waals surface area (Å²) >= 11 is 0. The third-order valence-electron chi connectivity index (χ3n) is 8.13. The quantitative estimate of drug-likeness (QED) is 0.115. The minimum Gasteiger partial charge on any atom is -0.474 e. The number of hydrogen-bond acceptors (Lipinski definition) is 9. The van der Waals surface area contributed by atoms with Gasteiger partial charge in [-0.1, -0.05) is 53.4 Å². The van der Waals surface area contributed by atoms with Gasteiger partial charge < -0.3 is 31.2 Å². The van der Waals surface area contributed by atoms with Crippen LogP contribution in [0.4, 0.5) is 33.5 Å². The molecule has 2 aromatic heterocycles. The molecule has 1 unspecified atom stereocenters. The zero-order chi connectivity index (χ0) is 36.7. The molecule has 0 radical (unpaired) electrons. The summed E-state index contributed by atoms with van der Waals surface area (Å²) in [5.74, 6) is -1.39. The van der Waals surface area contributed by atoms with Crippen molar-refractivity contribution in [2.75, 3.05) is 51.4 Å². The third kappa shape index (κ3) is 11.0. The Bertz CT molecular complexity index is 1470. The van der Waals surface area contributed by atoms with Crippen LogP contribution in [0, 0.1) is 24.5 Å². The Morgan fingerprint density at radius 1 is 1.00 bits per heavy atom. The number of nitrogens with one attached hydrogen (secondary N) is 3. The zero-order valence-electron chi connectivity index (χ0n) is 30.1. The Kier molecular flexibility index (Phi) is 17.2. The molecular formula is C35H54F5N7O2. The molecule has 1 atom stereocenters. The van der Waals surface area contributed by atoms with Gasteiger partial charge in [0.25, 0.3) is 0 Å². The van der Waals surface area contributed by atoms with Crippen LogP contribution in [0.25, 0.3) is 22.2 Å². The first kappa shape index (κ1) is 41.7. The van der Waals surface area contributed by atoms with Crippen LogP contribution in [-0.4, -0.2) is 61.4 Å². The van der Waals surface area contributed by atoms with E-state index in [1.54, 1.807) is 6.92 Å². The van der Waals surface area contributed by atoms with Gasteiger partial charge in [-0.15, -0.1) is 0 Å². The Morgan fingerprint density at radius 2 is 1.67 bits per heavy atom. The van der Waals surface area contributed by atoms with Crippen molar-refractivity contribution in [1.29, 1.82) is 0 Å². The molecule has 5 rings (SSSR count). The number of nitrogen functional groups attached to an aromatic ring is 1. The molecule has 2 aliphatic rings. The lowest BCUT2D eigenvalue weighted by Crippen LogP contribution is -2.26. The molecule has 3 aromatic rings. The number of nitrogens with zero attached hydrogens (tertiary/aromatic N) is 3. The van der Waals surface area contributed by atoms with Gasteiger partial charge in [0.1, 0.15) is 28.2 Å². The van der Waals surface area contributed by atoms with Gasteiger partial charge in [-0.2, -0.15) is 23.1 Å². The molecule has 1 aliphatic heterocycles. The van der Waals surface area contributed by atoms with Crippen LogP contribution in [0.15, 0.2) is 6.07 Å². The van der Waals surface area contributed by atoms with Crippen molar-refractivity contribution in [1.82, 2.24) is 25.6 Å². The van der Waals surface area contributed by atoms with Crippen molar-refractivity contribution in [3.8, 4) is 23.1 Å². The van der Waals surface area contributed by atoms with E-state index in [4.69, 9.17) is 15.2 Å². The van der Waals surface area contributed by atoms with Gasteiger partial charge in [0.05, 0.1) is 24.5 Å². The summed E-state index contributed by atoms with van der Waals surface area (Å²) in [6.07, 6.45) is 3.90. The standard InChI is InChI=1S/C22H23F5N6O2.C9H19N.2C2H6/c1-9-4-5-29-6-7-30-19-13-18(32-21(33-19)34-3)16(24)17(31-20(13)35-9)11-8-12(28)15(23)10(2)14(11)22(25,26)27;1-10-8-4-7-9-5-2-3-6-9;2*1-2/h8-9,29H,4-7,28H2,1-3H3,(H,30,32,33);9-10H,2-8H2,1H3;2*1-2H3. The number of nitrogens with two attached hydrogens (primary N) is 1. The minimum absolute atomic E-state index is 0.0427. The highest BCUT2D eigenvalue weighted by atomic mass is 19.4. The maximum Gasteiger partial charge on any atom is 0.417 e. The number of benzene rings is 1. The Morgan fingerprint density at radius 3 is 2.29 bits per heavy atom. The first-order valence-corrected chi connectivity index (χ1v) is 17.3. The highest BCUT2D eigenvalue weighted by Gasteiger charge is 2.39. The molecule has 1 fully saturated rings. The summed E-state index contributed by atoms with van der Waals surface area (Å²) in [6.45, 7) is 13.4. The Balaban J connectivity index is 0.000000502. The van der Waals surface area contributed by atoms with Crippen LogP contribution in [0.1, 0.15) is 90.7 Å². The number of halogens is 5. The molecule has 1 aromatic carbocycles. The first-order chi connectivity index (χ1) is 23.5. The van der Waals surface area contributed by atoms with E-state index >= 15 is 4.39 Å². The van der Waals surface area contributed by atoms with Gasteiger partial charge >= 0.3 is 12.2 Å². The molecule has 0 amide bonds. The predicted octanol–water partition coefficient (Wildman–Crippen LogP) is 8.29. The second-order valence-electron chi connectivity index (χ2n) is 11.5. The van der Waals surface area contributed by atoms with Crippen LogP contribution >= 0.6 is 0 Å². The largest absolute Gasteiger partial charge is 0.474 e. The predicted molar refractivity (Wildman–Crippen MR) is 187 cm³/mol. The molecule has 49 heavy (non-hydrogen) atoms. The highest BCUT2D eigenvalue weighted by Crippen LogP contribution is 2.44. The average molecular weight is 700 g/mol. The van der Waals surface area contributed by atoms with Crippen molar-refractivity contribution >= 4 is 22.4 Å². The van der Waals surface area contributed by atoms with Gasteiger partial charge in [-0.3, -0.25) is 0 Å². The molecule has 1 aliphatic carbocycles. The summed E-state index contributed by atoms with van der Waals surface area (Å²) in [5.41, 5.74) is 1.04. The summed E-state index contributed by atoms with van der Waals surface area (Å²) in [4.78, 5) is 12.4. The van der Waals surface area contributed by atoms with Crippen molar-refractivity contribution < 1.29 is 31.4 Å². The second-order valence-corrected chi connectivity index (χ2v) is 11.5. The van der Waals surface area contributed by atoms with Crippen molar-refractivity contribution in [2.24, 2.45) is 5.92 Å². The molecule has 0 spiro atoms. The molecule has 3 heterocycles. The number of aromatic nitrogens is 3. The second kappa shape index (κ2) is 20.2. The molecule has 1 saturated carbocycles. The van der Waals surface area contributed by atoms with Crippen LogP contribution < -0.4 is 31.2 Å². The minimum atomic E-state index is -5.02. The van der Waals surface area contributed by atoms with Gasteiger partial charge in [0.15, 0.2) is 5.82 Å². The van der Waals surface area contributed by atoms with Crippen LogP contribution in [-0.2, 0) is 6.18 Å². The molecule has 0 bridgehead atoms. The van der Waals surface area contributed by atoms with E-state index in [0.29, 0.717) is 32.1 Å². The smallest absolute Gasteiger partial charge is 0.417 e. The summed E-state index contributed by atoms with van der Waals surface area (Å²) in [7, 11) is 3.31. The fourth-order valence-corrected chi connectivity index (χ4v) is 5.79. The fraction of sp³-hybridized carbons (Fsp3) is 0.629. The number of anilines is 2. The topological polar surface area (TPSA) is 119 Å². The number of methoxy groups -OCH3 is 1. The van der Waals surface area contributed by atoms with E-state index in [1.807, 2.05) is 34.7 Å². The molecule has 14 heteroatoms. The van der Waals surface area contributed by atoms with Crippen LogP contribution in [0.5, 0.6) is 11.9 Å². The van der Waals surface area contributed by atoms with Gasteiger partial charge in [-0.25, -0.2) is 13.8 Å². The number of rotatable bonds is 6. The van der Waals surface area contributed by atoms with E-state index in [0.717, 1.165) is 12.8 Å². The lowest BCUT2D eigenvalue weighted by atomic mass is 9.96. The van der Waals surface area contributed by atoms with E-state index < -0.39 is 52.0 Å². The Hall–Kier alpha value is -3.52. The van der Waals surface area contributed by atoms with Crippen molar-refractivity contribution in [3.05, 3.63) is 28.8 Å². The zero-order valence-corrected chi connectivity index (χ0v) is 30.1. The highest BCUT2D eigenvalue weighted by molar-refractivity contribution is 5.96. The number of ether oxygens (including phenoxy) is 2. The maximum atomic E-state index is 15.9. The van der Waals surface area contributed by atoms with Gasteiger partial charge in [-0.05, 0) is 70.8 Å². The van der Waals surface area contributed by atoms with Crippen molar-refractivity contribution in [2.45, 2.75) is 98.8 Å². The molecule has 276 valence electrons. The summed E-state index contributed by atoms with van der Waals surface area (Å²) in [6, 6.07) is 0.495. The number of alkyl halides is 3. The van der Waals surface area contributed by atoms with E-state index in [-0.39, 0.29) is 28.6 Å². The molecule has 9 nitrogen and oxygen atoms in total. The van der Waals surface area contributed by atoms with Crippen LogP contribution in [0.2, 0.25) is 0 Å². The normalized spacial score (nSPS) is 16.4. The lowest BCUT2D eigenvalue weighted by Gasteiger charge is -2.21. The molecular weight excluding hydrogens is 645 g/mol. The molecule has 5 N–H and O–H groups in total. The first-order valence-electron chi connectivity index (χ1n) is 17.3. The van der Waals surface area contributed by atoms with E-state index in [2.05, 4.69) is 30.9 Å². The fourth-order valence-electron chi connectivity index (χ4n) is 5.79. The summed E-state index contributed by atoms with van der Waals surface area (Å²) < 4.78 is 83.3. The van der Waals surface area contributed by atoms with E-state index in [1.165, 1.54) is 52.2 Å². The van der Waals surface area contributed by atoms with Crippen molar-refractivity contribution in [3.63, 3.8) is 0 Å². The monoisotopic (exact) mass is 699 g/mol. The van der Waals surface area contributed by atoms with Gasteiger partial charge in [0, 0.05) is 18.7 Å².